The van der Waals surface area contributed by atoms with Crippen molar-refractivity contribution in [3.05, 3.63) is 23.4 Å². The van der Waals surface area contributed by atoms with Gasteiger partial charge in [-0.25, -0.2) is 10.8 Å². The lowest BCUT2D eigenvalue weighted by molar-refractivity contribution is 0.0945. The van der Waals surface area contributed by atoms with E-state index in [-0.39, 0.29) is 11.8 Å². The fourth-order valence-corrected chi connectivity index (χ4v) is 2.14. The summed E-state index contributed by atoms with van der Waals surface area (Å²) < 4.78 is 5.29. The lowest BCUT2D eigenvalue weighted by Gasteiger charge is -2.12. The number of nitrogens with zero attached hydrogens (tertiary/aromatic N) is 1. The predicted molar refractivity (Wildman–Crippen MR) is 77.4 cm³/mol. The second-order valence-electron chi connectivity index (χ2n) is 5.40. The zero-order valence-corrected chi connectivity index (χ0v) is 12.0. The van der Waals surface area contributed by atoms with Crippen LogP contribution in [0.2, 0.25) is 0 Å². The van der Waals surface area contributed by atoms with E-state index < -0.39 is 0 Å². The fourth-order valence-electron chi connectivity index (χ4n) is 2.14. The summed E-state index contributed by atoms with van der Waals surface area (Å²) in [6, 6.07) is 3.47. The highest BCUT2D eigenvalue weighted by Gasteiger charge is 2.17. The van der Waals surface area contributed by atoms with Gasteiger partial charge in [-0.1, -0.05) is 13.8 Å². The Morgan fingerprint density at radius 2 is 2.35 bits per heavy atom. The molecule has 2 rings (SSSR count). The number of hydrogen-bond donors (Lipinski definition) is 3. The molecule has 0 bridgehead atoms. The van der Waals surface area contributed by atoms with E-state index in [1.807, 2.05) is 19.9 Å². The summed E-state index contributed by atoms with van der Waals surface area (Å²) in [7, 11) is 0. The molecule has 2 heterocycles. The quantitative estimate of drug-likeness (QED) is 0.557. The molecule has 1 aromatic heterocycles. The smallest absolute Gasteiger partial charge is 0.251 e. The van der Waals surface area contributed by atoms with Crippen LogP contribution in [0.5, 0.6) is 0 Å². The standard InChI is InChI=1S/C14H22N4O2/c1-9(2)12-5-11(6-13(17-12)18-15)14(19)16-7-10-3-4-20-8-10/h5-6,9-10H,3-4,7-8,15H2,1-2H3,(H,16,19)(H,17,18). The van der Waals surface area contributed by atoms with Crippen molar-refractivity contribution in [2.45, 2.75) is 26.2 Å². The van der Waals surface area contributed by atoms with E-state index in [1.165, 1.54) is 0 Å². The van der Waals surface area contributed by atoms with Gasteiger partial charge in [-0.05, 0) is 24.5 Å². The van der Waals surface area contributed by atoms with E-state index in [1.54, 1.807) is 6.07 Å². The minimum atomic E-state index is -0.0994. The Hall–Kier alpha value is -1.66. The molecule has 0 aliphatic carbocycles. The number of hydrazine groups is 1. The molecular formula is C14H22N4O2. The average Bonchev–Trinajstić information content (AvgIpc) is 2.97. The monoisotopic (exact) mass is 278 g/mol. The number of aromatic nitrogens is 1. The van der Waals surface area contributed by atoms with Gasteiger partial charge in [0.1, 0.15) is 5.82 Å². The molecule has 1 unspecified atom stereocenters. The predicted octanol–water partition coefficient (Wildman–Crippen LogP) is 1.26. The van der Waals surface area contributed by atoms with E-state index in [0.717, 1.165) is 25.3 Å². The van der Waals surface area contributed by atoms with Gasteiger partial charge >= 0.3 is 0 Å². The molecule has 1 atom stereocenters. The van der Waals surface area contributed by atoms with Gasteiger partial charge in [0.05, 0.1) is 6.61 Å². The molecule has 1 aliphatic heterocycles. The summed E-state index contributed by atoms with van der Waals surface area (Å²) in [5.74, 6) is 6.46. The highest BCUT2D eigenvalue weighted by atomic mass is 16.5. The molecule has 1 aromatic rings. The Labute approximate surface area is 119 Å². The number of amides is 1. The summed E-state index contributed by atoms with van der Waals surface area (Å²) in [6.07, 6.45) is 1.00. The van der Waals surface area contributed by atoms with Crippen LogP contribution in [0.15, 0.2) is 12.1 Å². The third kappa shape index (κ3) is 3.68. The van der Waals surface area contributed by atoms with E-state index in [9.17, 15) is 4.79 Å². The van der Waals surface area contributed by atoms with Crippen LogP contribution in [0.1, 0.15) is 42.2 Å². The number of hydrogen-bond acceptors (Lipinski definition) is 5. The first-order chi connectivity index (χ1) is 9.60. The second-order valence-corrected chi connectivity index (χ2v) is 5.40. The Balaban J connectivity index is 2.05. The molecular weight excluding hydrogens is 256 g/mol. The van der Waals surface area contributed by atoms with Crippen molar-refractivity contribution in [2.75, 3.05) is 25.2 Å². The van der Waals surface area contributed by atoms with Gasteiger partial charge in [0.25, 0.3) is 5.91 Å². The number of carbonyl (C=O) groups is 1. The largest absolute Gasteiger partial charge is 0.381 e. The van der Waals surface area contributed by atoms with Crippen LogP contribution in [-0.4, -0.2) is 30.6 Å². The van der Waals surface area contributed by atoms with Gasteiger partial charge in [0, 0.05) is 30.3 Å². The van der Waals surface area contributed by atoms with Crippen LogP contribution >= 0.6 is 0 Å². The van der Waals surface area contributed by atoms with Gasteiger partial charge in [-0.2, -0.15) is 0 Å². The molecule has 110 valence electrons. The molecule has 0 radical (unpaired) electrons. The molecule has 4 N–H and O–H groups in total. The minimum absolute atomic E-state index is 0.0994. The third-order valence-corrected chi connectivity index (χ3v) is 3.42. The van der Waals surface area contributed by atoms with Crippen LogP contribution in [0.25, 0.3) is 0 Å². The number of ether oxygens (including phenoxy) is 1. The van der Waals surface area contributed by atoms with Gasteiger partial charge in [-0.15, -0.1) is 0 Å². The normalized spacial score (nSPS) is 18.3. The number of nitrogens with two attached hydrogens (primary N) is 1. The molecule has 0 saturated carbocycles. The second kappa shape index (κ2) is 6.67. The zero-order valence-electron chi connectivity index (χ0n) is 12.0. The molecule has 20 heavy (non-hydrogen) atoms. The fraction of sp³-hybridized carbons (Fsp3) is 0.571. The highest BCUT2D eigenvalue weighted by Crippen LogP contribution is 2.17. The minimum Gasteiger partial charge on any atom is -0.381 e. The molecule has 6 nitrogen and oxygen atoms in total. The van der Waals surface area contributed by atoms with Gasteiger partial charge in [-0.3, -0.25) is 4.79 Å². The van der Waals surface area contributed by atoms with E-state index in [2.05, 4.69) is 15.7 Å². The van der Waals surface area contributed by atoms with E-state index in [0.29, 0.717) is 23.8 Å². The molecule has 1 saturated heterocycles. The van der Waals surface area contributed by atoms with E-state index >= 15 is 0 Å². The molecule has 1 fully saturated rings. The first-order valence-corrected chi connectivity index (χ1v) is 6.94. The lowest BCUT2D eigenvalue weighted by Crippen LogP contribution is -2.29. The Bertz CT molecular complexity index is 470. The SMILES string of the molecule is CC(C)c1cc(C(=O)NCC2CCOC2)cc(NN)n1. The summed E-state index contributed by atoms with van der Waals surface area (Å²) >= 11 is 0. The third-order valence-electron chi connectivity index (χ3n) is 3.42. The van der Waals surface area contributed by atoms with Crippen LogP contribution in [0, 0.1) is 5.92 Å². The maximum Gasteiger partial charge on any atom is 0.251 e. The average molecular weight is 278 g/mol. The summed E-state index contributed by atoms with van der Waals surface area (Å²) in [6.45, 7) is 6.21. The van der Waals surface area contributed by atoms with Crippen LogP contribution < -0.4 is 16.6 Å². The number of nitrogen functional groups attached to an aromatic ring is 1. The summed E-state index contributed by atoms with van der Waals surface area (Å²) in [5.41, 5.74) is 3.93. The Morgan fingerprint density at radius 3 is 2.95 bits per heavy atom. The highest BCUT2D eigenvalue weighted by molar-refractivity contribution is 5.95. The van der Waals surface area contributed by atoms with Crippen LogP contribution in [0.4, 0.5) is 5.82 Å². The number of rotatable bonds is 5. The molecule has 0 spiro atoms. The molecule has 6 heteroatoms. The number of pyridine rings is 1. The number of carbonyl (C=O) groups excluding carboxylic acids is 1. The van der Waals surface area contributed by atoms with Gasteiger partial charge < -0.3 is 15.5 Å². The number of nitrogens with one attached hydrogen (secondary N) is 2. The van der Waals surface area contributed by atoms with Crippen molar-refractivity contribution >= 4 is 11.7 Å². The maximum absolute atomic E-state index is 12.2. The topological polar surface area (TPSA) is 89.3 Å². The van der Waals surface area contributed by atoms with Crippen molar-refractivity contribution < 1.29 is 9.53 Å². The zero-order chi connectivity index (χ0) is 14.5. The van der Waals surface area contributed by atoms with Crippen molar-refractivity contribution in [3.63, 3.8) is 0 Å². The summed E-state index contributed by atoms with van der Waals surface area (Å²) in [4.78, 5) is 16.5. The van der Waals surface area contributed by atoms with Gasteiger partial charge in [0.2, 0.25) is 0 Å². The Kier molecular flexibility index (Phi) is 4.92. The van der Waals surface area contributed by atoms with Crippen LogP contribution in [0.3, 0.4) is 0 Å². The number of anilines is 1. The van der Waals surface area contributed by atoms with E-state index in [4.69, 9.17) is 10.6 Å². The van der Waals surface area contributed by atoms with Gasteiger partial charge in [0.15, 0.2) is 0 Å². The van der Waals surface area contributed by atoms with Crippen LogP contribution in [-0.2, 0) is 4.74 Å². The molecule has 1 amide bonds. The Morgan fingerprint density at radius 1 is 1.55 bits per heavy atom. The molecule has 1 aliphatic rings. The van der Waals surface area contributed by atoms with Crippen molar-refractivity contribution in [3.8, 4) is 0 Å². The first kappa shape index (κ1) is 14.7. The summed E-state index contributed by atoms with van der Waals surface area (Å²) in [5, 5.41) is 2.94. The van der Waals surface area contributed by atoms with Crippen molar-refractivity contribution in [1.82, 2.24) is 10.3 Å². The lowest BCUT2D eigenvalue weighted by atomic mass is 10.1. The molecule has 0 aromatic carbocycles. The van der Waals surface area contributed by atoms with Crippen molar-refractivity contribution in [2.24, 2.45) is 11.8 Å². The maximum atomic E-state index is 12.2. The first-order valence-electron chi connectivity index (χ1n) is 6.94. The van der Waals surface area contributed by atoms with Crippen molar-refractivity contribution in [1.29, 1.82) is 0 Å².